The van der Waals surface area contributed by atoms with Crippen LogP contribution >= 0.6 is 0 Å². The SMILES string of the molecule is C/C=C/C=C(/C(=O)OCC)C(O)c1ccc(-c2ccccc2)cc1. The van der Waals surface area contributed by atoms with Gasteiger partial charge in [0.2, 0.25) is 0 Å². The van der Waals surface area contributed by atoms with Crippen LogP contribution in [-0.2, 0) is 9.53 Å². The summed E-state index contributed by atoms with van der Waals surface area (Å²) in [4.78, 5) is 12.1. The van der Waals surface area contributed by atoms with E-state index in [0.717, 1.165) is 11.1 Å². The second-order valence-corrected chi connectivity index (χ2v) is 5.26. The molecule has 2 aromatic carbocycles. The van der Waals surface area contributed by atoms with Crippen molar-refractivity contribution in [2.45, 2.75) is 20.0 Å². The molecule has 24 heavy (non-hydrogen) atoms. The van der Waals surface area contributed by atoms with Crippen molar-refractivity contribution in [3.05, 3.63) is 84.0 Å². The highest BCUT2D eigenvalue weighted by atomic mass is 16.5. The number of hydrogen-bond donors (Lipinski definition) is 1. The summed E-state index contributed by atoms with van der Waals surface area (Å²) < 4.78 is 5.04. The van der Waals surface area contributed by atoms with E-state index in [0.29, 0.717) is 5.56 Å². The van der Waals surface area contributed by atoms with Crippen LogP contribution in [-0.4, -0.2) is 17.7 Å². The summed E-state index contributed by atoms with van der Waals surface area (Å²) in [6.07, 6.45) is 4.08. The van der Waals surface area contributed by atoms with Gasteiger partial charge in [0.1, 0.15) is 6.10 Å². The molecule has 0 bridgehead atoms. The van der Waals surface area contributed by atoms with Gasteiger partial charge in [0.25, 0.3) is 0 Å². The number of carbonyl (C=O) groups excluding carboxylic acids is 1. The molecule has 0 aliphatic heterocycles. The number of hydrogen-bond acceptors (Lipinski definition) is 3. The smallest absolute Gasteiger partial charge is 0.337 e. The average Bonchev–Trinajstić information content (AvgIpc) is 2.63. The van der Waals surface area contributed by atoms with Crippen molar-refractivity contribution in [2.24, 2.45) is 0 Å². The first-order valence-electron chi connectivity index (χ1n) is 8.00. The Morgan fingerprint density at radius 1 is 1.08 bits per heavy atom. The Morgan fingerprint density at radius 2 is 1.71 bits per heavy atom. The summed E-state index contributed by atoms with van der Waals surface area (Å²) in [7, 11) is 0. The van der Waals surface area contributed by atoms with Gasteiger partial charge >= 0.3 is 5.97 Å². The van der Waals surface area contributed by atoms with Crippen LogP contribution in [0.1, 0.15) is 25.5 Å². The maximum absolute atomic E-state index is 12.1. The molecule has 1 N–H and O–H groups in total. The highest BCUT2D eigenvalue weighted by molar-refractivity contribution is 5.90. The first kappa shape index (κ1) is 17.7. The third-order valence-electron chi connectivity index (χ3n) is 3.61. The monoisotopic (exact) mass is 322 g/mol. The van der Waals surface area contributed by atoms with E-state index in [4.69, 9.17) is 4.74 Å². The predicted octanol–water partition coefficient (Wildman–Crippen LogP) is 4.45. The fourth-order valence-corrected chi connectivity index (χ4v) is 2.35. The second-order valence-electron chi connectivity index (χ2n) is 5.26. The molecule has 0 aliphatic rings. The maximum Gasteiger partial charge on any atom is 0.337 e. The van der Waals surface area contributed by atoms with Gasteiger partial charge in [-0.05, 0) is 36.6 Å². The van der Waals surface area contributed by atoms with Gasteiger partial charge in [0.05, 0.1) is 12.2 Å². The first-order chi connectivity index (χ1) is 11.7. The molecule has 1 atom stereocenters. The van der Waals surface area contributed by atoms with Crippen LogP contribution in [0.15, 0.2) is 78.4 Å². The lowest BCUT2D eigenvalue weighted by Crippen LogP contribution is -2.14. The molecular formula is C21H22O3. The van der Waals surface area contributed by atoms with E-state index in [1.165, 1.54) is 0 Å². The van der Waals surface area contributed by atoms with Crippen molar-refractivity contribution >= 4 is 5.97 Å². The minimum absolute atomic E-state index is 0.224. The van der Waals surface area contributed by atoms with Gasteiger partial charge in [-0.25, -0.2) is 4.79 Å². The van der Waals surface area contributed by atoms with Gasteiger partial charge in [0.15, 0.2) is 0 Å². The molecule has 0 amide bonds. The van der Waals surface area contributed by atoms with Crippen molar-refractivity contribution in [1.29, 1.82) is 0 Å². The summed E-state index contributed by atoms with van der Waals surface area (Å²) in [5, 5.41) is 10.6. The molecule has 0 aromatic heterocycles. The average molecular weight is 322 g/mol. The van der Waals surface area contributed by atoms with E-state index in [1.54, 1.807) is 25.2 Å². The molecule has 1 unspecified atom stereocenters. The van der Waals surface area contributed by atoms with Crippen molar-refractivity contribution in [1.82, 2.24) is 0 Å². The van der Waals surface area contributed by atoms with E-state index in [-0.39, 0.29) is 12.2 Å². The highest BCUT2D eigenvalue weighted by Crippen LogP contribution is 2.26. The zero-order valence-electron chi connectivity index (χ0n) is 14.0. The maximum atomic E-state index is 12.1. The highest BCUT2D eigenvalue weighted by Gasteiger charge is 2.21. The Kier molecular flexibility index (Phi) is 6.52. The van der Waals surface area contributed by atoms with Crippen molar-refractivity contribution in [2.75, 3.05) is 6.61 Å². The van der Waals surface area contributed by atoms with Gasteiger partial charge < -0.3 is 9.84 Å². The summed E-state index contributed by atoms with van der Waals surface area (Å²) >= 11 is 0. The number of aliphatic hydroxyl groups excluding tert-OH is 1. The zero-order chi connectivity index (χ0) is 17.4. The molecule has 2 aromatic rings. The van der Waals surface area contributed by atoms with Crippen molar-refractivity contribution < 1.29 is 14.6 Å². The lowest BCUT2D eigenvalue weighted by molar-refractivity contribution is -0.139. The third-order valence-corrected chi connectivity index (χ3v) is 3.61. The molecule has 0 aliphatic carbocycles. The van der Waals surface area contributed by atoms with Crippen LogP contribution in [0.25, 0.3) is 11.1 Å². The Hall–Kier alpha value is -2.65. The van der Waals surface area contributed by atoms with Crippen LogP contribution in [0.4, 0.5) is 0 Å². The van der Waals surface area contributed by atoms with Gasteiger partial charge in [-0.2, -0.15) is 0 Å². The Balaban J connectivity index is 2.26. The lowest BCUT2D eigenvalue weighted by atomic mass is 9.98. The zero-order valence-corrected chi connectivity index (χ0v) is 14.0. The molecule has 0 saturated carbocycles. The molecule has 0 saturated heterocycles. The van der Waals surface area contributed by atoms with E-state index >= 15 is 0 Å². The quantitative estimate of drug-likeness (QED) is 0.485. The van der Waals surface area contributed by atoms with E-state index in [2.05, 4.69) is 0 Å². The van der Waals surface area contributed by atoms with Crippen LogP contribution in [0.2, 0.25) is 0 Å². The van der Waals surface area contributed by atoms with E-state index in [1.807, 2.05) is 61.5 Å². The Bertz CT molecular complexity index is 713. The Labute approximate surface area is 142 Å². The Morgan fingerprint density at radius 3 is 2.29 bits per heavy atom. The fraction of sp³-hybridized carbons (Fsp3) is 0.190. The summed E-state index contributed by atoms with van der Waals surface area (Å²) in [6, 6.07) is 17.5. The first-order valence-corrected chi connectivity index (χ1v) is 8.00. The predicted molar refractivity (Wildman–Crippen MR) is 96.4 cm³/mol. The van der Waals surface area contributed by atoms with Gasteiger partial charge in [0, 0.05) is 0 Å². The fourth-order valence-electron chi connectivity index (χ4n) is 2.35. The number of allylic oxidation sites excluding steroid dienone is 3. The molecule has 0 spiro atoms. The van der Waals surface area contributed by atoms with E-state index < -0.39 is 12.1 Å². The molecule has 2 rings (SSSR count). The number of ether oxygens (including phenoxy) is 1. The molecule has 0 heterocycles. The second kappa shape index (κ2) is 8.85. The number of benzene rings is 2. The van der Waals surface area contributed by atoms with Crippen LogP contribution in [0.3, 0.4) is 0 Å². The largest absolute Gasteiger partial charge is 0.463 e. The van der Waals surface area contributed by atoms with Gasteiger partial charge in [-0.1, -0.05) is 66.7 Å². The lowest BCUT2D eigenvalue weighted by Gasteiger charge is -2.14. The van der Waals surface area contributed by atoms with E-state index in [9.17, 15) is 9.90 Å². The molecule has 0 fully saturated rings. The van der Waals surface area contributed by atoms with Gasteiger partial charge in [-0.15, -0.1) is 0 Å². The minimum atomic E-state index is -1.02. The summed E-state index contributed by atoms with van der Waals surface area (Å²) in [5.41, 5.74) is 3.04. The number of aliphatic hydroxyl groups is 1. The van der Waals surface area contributed by atoms with Crippen LogP contribution in [0, 0.1) is 0 Å². The van der Waals surface area contributed by atoms with Crippen molar-refractivity contribution in [3.8, 4) is 11.1 Å². The summed E-state index contributed by atoms with van der Waals surface area (Å²) in [5.74, 6) is -0.504. The number of carbonyl (C=O) groups is 1. The molecule has 3 heteroatoms. The van der Waals surface area contributed by atoms with Crippen LogP contribution in [0.5, 0.6) is 0 Å². The summed E-state index contributed by atoms with van der Waals surface area (Å²) in [6.45, 7) is 3.86. The van der Waals surface area contributed by atoms with Crippen LogP contribution < -0.4 is 0 Å². The normalized spacial score (nSPS) is 13.0. The molecule has 3 nitrogen and oxygen atoms in total. The van der Waals surface area contributed by atoms with Crippen molar-refractivity contribution in [3.63, 3.8) is 0 Å². The molecule has 0 radical (unpaired) electrons. The molecular weight excluding hydrogens is 300 g/mol. The van der Waals surface area contributed by atoms with Gasteiger partial charge in [-0.3, -0.25) is 0 Å². The standard InChI is InChI=1S/C21H22O3/c1-3-5-11-19(21(23)24-4-2)20(22)18-14-12-17(13-15-18)16-9-7-6-8-10-16/h3,5-15,20,22H,4H2,1-2H3/b5-3+,19-11+. The third kappa shape index (κ3) is 4.43. The molecule has 124 valence electrons. The number of esters is 1. The minimum Gasteiger partial charge on any atom is -0.463 e. The number of rotatable bonds is 6. The topological polar surface area (TPSA) is 46.5 Å².